The van der Waals surface area contributed by atoms with Crippen molar-refractivity contribution in [3.05, 3.63) is 116 Å². The van der Waals surface area contributed by atoms with Gasteiger partial charge in [-0.3, -0.25) is 0 Å². The van der Waals surface area contributed by atoms with Gasteiger partial charge in [0.25, 0.3) is 0 Å². The van der Waals surface area contributed by atoms with Crippen LogP contribution in [0.4, 0.5) is 0 Å². The molecule has 6 aliphatic carbocycles. The van der Waals surface area contributed by atoms with Crippen LogP contribution in [-0.2, 0) is 19.7 Å². The van der Waals surface area contributed by atoms with Crippen molar-refractivity contribution in [2.45, 2.75) is 157 Å². The summed E-state index contributed by atoms with van der Waals surface area (Å²) in [6.45, 7) is 19.3. The lowest BCUT2D eigenvalue weighted by molar-refractivity contribution is 0.158. The lowest BCUT2D eigenvalue weighted by Crippen LogP contribution is -2.32. The first-order valence-corrected chi connectivity index (χ1v) is 26.6. The van der Waals surface area contributed by atoms with Crippen molar-refractivity contribution in [2.24, 2.45) is 34.5 Å². The first-order valence-electron chi connectivity index (χ1n) is 22.4. The second kappa shape index (κ2) is 21.0. The number of hydrogen-bond donors (Lipinski definition) is 2. The number of sulfone groups is 2. The van der Waals surface area contributed by atoms with Gasteiger partial charge >= 0.3 is 0 Å². The van der Waals surface area contributed by atoms with Gasteiger partial charge in [0.05, 0.1) is 12.2 Å². The molecule has 6 aliphatic rings. The average molecular weight is 898 g/mol. The maximum atomic E-state index is 11.7. The fourth-order valence-electron chi connectivity index (χ4n) is 11.2. The highest BCUT2D eigenvalue weighted by Gasteiger charge is 2.47. The summed E-state index contributed by atoms with van der Waals surface area (Å²) in [4.78, 5) is 0.473. The van der Waals surface area contributed by atoms with Crippen molar-refractivity contribution in [1.29, 1.82) is 0 Å². The number of allylic oxidation sites excluding steroid dienone is 15. The van der Waals surface area contributed by atoms with Gasteiger partial charge in [-0.15, -0.1) is 0 Å². The second-order valence-electron chi connectivity index (χ2n) is 19.4. The highest BCUT2D eigenvalue weighted by molar-refractivity contribution is 7.96. The van der Waals surface area contributed by atoms with Crippen LogP contribution < -0.4 is 0 Å². The van der Waals surface area contributed by atoms with Gasteiger partial charge < -0.3 is 10.2 Å². The van der Waals surface area contributed by atoms with E-state index < -0.39 is 19.7 Å². The third-order valence-corrected chi connectivity index (χ3v) is 18.2. The molecule has 0 aromatic rings. The molecule has 4 saturated carbocycles. The molecule has 4 fully saturated rings. The van der Waals surface area contributed by atoms with Crippen LogP contribution in [0.15, 0.2) is 116 Å². The summed E-state index contributed by atoms with van der Waals surface area (Å²) in [5, 5.41) is 20.0. The van der Waals surface area contributed by atoms with Gasteiger partial charge in [-0.25, -0.2) is 16.8 Å². The van der Waals surface area contributed by atoms with E-state index in [1.807, 2.05) is 6.08 Å². The standard InChI is InChI=1S/C26H38O3S.C25H35ClO3S.CH4/c1-18-9-13-23(27)17-22(18)12-11-21-7-6-16-26(4)24(14-15-25(21)26)19(2)8-10-20(3)30(5,28)29;1-17-7-11-21(27)16-20(17)10-9-19-6-5-15-25(3)22(12-13-23(19)25)18(2)8-14-24(26)30(4,28)29;/h10-12,14,19,23,25,27H,1,6-9,13,15-17H2,2-5H3;9-10,12,14,18,21,23,27H,1,5-8,11,13,15-16H2,2-4H3;1H4/b20-10+,21-11+,22-12-;19-9+,20-10-,24-14+;. The van der Waals surface area contributed by atoms with Crippen molar-refractivity contribution >= 4 is 31.3 Å². The van der Waals surface area contributed by atoms with E-state index in [4.69, 9.17) is 11.6 Å². The Hall–Kier alpha value is -2.49. The Morgan fingerprint density at radius 1 is 0.738 bits per heavy atom. The summed E-state index contributed by atoms with van der Waals surface area (Å²) < 4.78 is 46.6. The fraction of sp³-hybridized carbons (Fsp3) is 0.615. The Morgan fingerprint density at radius 3 is 1.54 bits per heavy atom. The van der Waals surface area contributed by atoms with Crippen LogP contribution in [-0.4, -0.2) is 51.8 Å². The SMILES string of the molecule is C.C=C1CCC(O)C/C1=C/C=C1\CCCC2(C)C(C(C)C/C=C(\C)S(C)(=O)=O)=CCC12.C=C1CCC(O)C/C1=C/C=C1\CCCC2(C)C(C(C)C/C=C(\Cl)S(C)(=O)=O)=CCC12. The number of hydrogen-bond acceptors (Lipinski definition) is 6. The highest BCUT2D eigenvalue weighted by atomic mass is 35.5. The topological polar surface area (TPSA) is 109 Å². The van der Waals surface area contributed by atoms with Crippen molar-refractivity contribution in [2.75, 3.05) is 12.5 Å². The molecule has 0 spiro atoms. The van der Waals surface area contributed by atoms with E-state index in [0.29, 0.717) is 35.5 Å². The average Bonchev–Trinajstić information content (AvgIpc) is 3.73. The number of rotatable bonds is 10. The molecule has 0 aromatic carbocycles. The summed E-state index contributed by atoms with van der Waals surface area (Å²) >= 11 is 5.95. The molecule has 9 heteroatoms. The zero-order valence-corrected chi connectivity index (χ0v) is 39.9. The number of halogens is 1. The Kier molecular flexibility index (Phi) is 17.6. The Bertz CT molecular complexity index is 1990. The van der Waals surface area contributed by atoms with E-state index in [1.165, 1.54) is 58.1 Å². The van der Waals surface area contributed by atoms with Gasteiger partial charge in [0.15, 0.2) is 19.7 Å². The predicted molar refractivity (Wildman–Crippen MR) is 258 cm³/mol. The first-order chi connectivity index (χ1) is 28.0. The molecule has 0 radical (unpaired) electrons. The summed E-state index contributed by atoms with van der Waals surface area (Å²) in [6.07, 6.45) is 34.7. The summed E-state index contributed by atoms with van der Waals surface area (Å²) in [6, 6.07) is 0. The third kappa shape index (κ3) is 12.4. The molecule has 6 nitrogen and oxygen atoms in total. The minimum absolute atomic E-state index is 0. The van der Waals surface area contributed by atoms with E-state index in [9.17, 15) is 27.0 Å². The molecule has 8 unspecified atom stereocenters. The van der Waals surface area contributed by atoms with Crippen LogP contribution in [0.5, 0.6) is 0 Å². The van der Waals surface area contributed by atoms with Crippen molar-refractivity contribution in [3.63, 3.8) is 0 Å². The van der Waals surface area contributed by atoms with Gasteiger partial charge in [-0.2, -0.15) is 0 Å². The molecule has 0 aliphatic heterocycles. The lowest BCUT2D eigenvalue weighted by atomic mass is 9.62. The monoisotopic (exact) mass is 896 g/mol. The molecule has 2 N–H and O–H groups in total. The molecule has 0 amide bonds. The molecule has 61 heavy (non-hydrogen) atoms. The van der Waals surface area contributed by atoms with Crippen LogP contribution in [0.1, 0.15) is 145 Å². The maximum Gasteiger partial charge on any atom is 0.185 e. The quantitative estimate of drug-likeness (QED) is 0.211. The fourth-order valence-corrected chi connectivity index (χ4v) is 12.1. The van der Waals surface area contributed by atoms with Crippen LogP contribution in [0.3, 0.4) is 0 Å². The van der Waals surface area contributed by atoms with E-state index in [-0.39, 0.29) is 40.7 Å². The molecular formula is C52H77ClO6S2. The lowest BCUT2D eigenvalue weighted by Gasteiger charge is -2.42. The van der Waals surface area contributed by atoms with Crippen molar-refractivity contribution in [1.82, 2.24) is 0 Å². The molecule has 6 rings (SSSR count). The molecular weight excluding hydrogens is 820 g/mol. The number of aliphatic hydroxyl groups excluding tert-OH is 2. The summed E-state index contributed by atoms with van der Waals surface area (Å²) in [5.74, 6) is 1.64. The van der Waals surface area contributed by atoms with E-state index in [1.54, 1.807) is 13.0 Å². The number of fused-ring (bicyclic) bond motifs is 2. The Balaban J connectivity index is 0.000000264. The zero-order valence-electron chi connectivity index (χ0n) is 37.5. The first kappa shape index (κ1) is 51.1. The van der Waals surface area contributed by atoms with E-state index in [0.717, 1.165) is 88.9 Å². The van der Waals surface area contributed by atoms with Crippen LogP contribution in [0.25, 0.3) is 0 Å². The van der Waals surface area contributed by atoms with Crippen LogP contribution >= 0.6 is 11.6 Å². The summed E-state index contributed by atoms with van der Waals surface area (Å²) in [5.41, 5.74) is 11.0. The zero-order chi connectivity index (χ0) is 44.2. The molecule has 8 atom stereocenters. The molecule has 340 valence electrons. The van der Waals surface area contributed by atoms with Crippen LogP contribution in [0.2, 0.25) is 0 Å². The van der Waals surface area contributed by atoms with Gasteiger partial charge in [0.2, 0.25) is 0 Å². The smallest absolute Gasteiger partial charge is 0.185 e. The van der Waals surface area contributed by atoms with Crippen LogP contribution in [0, 0.1) is 34.5 Å². The largest absolute Gasteiger partial charge is 0.393 e. The maximum absolute atomic E-state index is 11.7. The van der Waals surface area contributed by atoms with E-state index in [2.05, 4.69) is 77.3 Å². The Labute approximate surface area is 376 Å². The second-order valence-corrected chi connectivity index (χ2v) is 24.2. The third-order valence-electron chi connectivity index (χ3n) is 15.0. The van der Waals surface area contributed by atoms with Crippen molar-refractivity contribution < 1.29 is 27.0 Å². The highest BCUT2D eigenvalue weighted by Crippen LogP contribution is 2.58. The Morgan fingerprint density at radius 2 is 1.15 bits per heavy atom. The van der Waals surface area contributed by atoms with Crippen molar-refractivity contribution in [3.8, 4) is 0 Å². The van der Waals surface area contributed by atoms with Gasteiger partial charge in [-0.05, 0) is 155 Å². The normalized spacial score (nSPS) is 33.7. The van der Waals surface area contributed by atoms with Gasteiger partial charge in [0, 0.05) is 17.4 Å². The summed E-state index contributed by atoms with van der Waals surface area (Å²) in [7, 11) is -6.42. The number of aliphatic hydroxyl groups is 2. The molecule has 0 saturated heterocycles. The minimum atomic E-state index is -3.33. The van der Waals surface area contributed by atoms with E-state index >= 15 is 0 Å². The molecule has 0 bridgehead atoms. The minimum Gasteiger partial charge on any atom is -0.393 e. The molecule has 0 aromatic heterocycles. The predicted octanol–water partition coefficient (Wildman–Crippen LogP) is 12.9. The van der Waals surface area contributed by atoms with Gasteiger partial charge in [0.1, 0.15) is 4.36 Å². The van der Waals surface area contributed by atoms with Gasteiger partial charge in [-0.1, -0.05) is 142 Å². The molecule has 0 heterocycles.